The van der Waals surface area contributed by atoms with Crippen molar-refractivity contribution in [3.05, 3.63) is 12.2 Å². The van der Waals surface area contributed by atoms with Gasteiger partial charge in [-0.3, -0.25) is 0 Å². The number of rotatable bonds is 9. The average molecular weight is 426 g/mol. The van der Waals surface area contributed by atoms with E-state index in [9.17, 15) is 30.6 Å². The third-order valence-electron chi connectivity index (χ3n) is 4.81. The number of aliphatic hydroxyl groups is 7. The van der Waals surface area contributed by atoms with Crippen LogP contribution >= 0.6 is 0 Å². The number of ether oxygens (including phenoxy) is 5. The minimum atomic E-state index is -1.52. The predicted molar refractivity (Wildman–Crippen MR) is 93.4 cm³/mol. The first kappa shape index (κ1) is 24.5. The molecule has 7 N–H and O–H groups in total. The second-order valence-corrected chi connectivity index (χ2v) is 6.74. The van der Waals surface area contributed by atoms with Gasteiger partial charge in [-0.1, -0.05) is 12.2 Å². The molecule has 0 aliphatic carbocycles. The van der Waals surface area contributed by atoms with Crippen LogP contribution in [0.1, 0.15) is 0 Å². The van der Waals surface area contributed by atoms with Gasteiger partial charge in [0.1, 0.15) is 48.8 Å². The highest BCUT2D eigenvalue weighted by Gasteiger charge is 2.45. The van der Waals surface area contributed by atoms with Gasteiger partial charge in [0.25, 0.3) is 0 Å². The molecule has 170 valence electrons. The summed E-state index contributed by atoms with van der Waals surface area (Å²) < 4.78 is 26.2. The lowest BCUT2D eigenvalue weighted by Crippen LogP contribution is -2.59. The lowest BCUT2D eigenvalue weighted by Gasteiger charge is -2.41. The fourth-order valence-electron chi connectivity index (χ4n) is 3.11. The van der Waals surface area contributed by atoms with Crippen LogP contribution in [0.5, 0.6) is 0 Å². The van der Waals surface area contributed by atoms with Gasteiger partial charge in [0.2, 0.25) is 0 Å². The Balaban J connectivity index is 1.77. The number of methoxy groups -OCH3 is 1. The van der Waals surface area contributed by atoms with E-state index in [4.69, 9.17) is 28.8 Å². The summed E-state index contributed by atoms with van der Waals surface area (Å²) in [5.74, 6) is 0. The summed E-state index contributed by atoms with van der Waals surface area (Å²) >= 11 is 0. The van der Waals surface area contributed by atoms with Crippen molar-refractivity contribution < 1.29 is 59.4 Å². The summed E-state index contributed by atoms with van der Waals surface area (Å²) in [6.45, 7) is -1.06. The molecule has 2 heterocycles. The average Bonchev–Trinajstić information content (AvgIpc) is 2.73. The number of hydrogen-bond acceptors (Lipinski definition) is 12. The molecule has 0 bridgehead atoms. The maximum Gasteiger partial charge on any atom is 0.187 e. The van der Waals surface area contributed by atoms with Crippen LogP contribution < -0.4 is 0 Å². The van der Waals surface area contributed by atoms with Crippen LogP contribution in [-0.4, -0.2) is 131 Å². The maximum absolute atomic E-state index is 10.1. The molecule has 0 unspecified atom stereocenters. The molecule has 2 saturated heterocycles. The zero-order valence-corrected chi connectivity index (χ0v) is 15.9. The van der Waals surface area contributed by atoms with Crippen molar-refractivity contribution in [3.8, 4) is 0 Å². The second kappa shape index (κ2) is 11.6. The van der Waals surface area contributed by atoms with Crippen LogP contribution in [0.3, 0.4) is 0 Å². The molecule has 0 aromatic heterocycles. The second-order valence-electron chi connectivity index (χ2n) is 6.74. The van der Waals surface area contributed by atoms with E-state index in [-0.39, 0.29) is 13.2 Å². The zero-order valence-electron chi connectivity index (χ0n) is 15.9. The third kappa shape index (κ3) is 5.91. The Kier molecular flexibility index (Phi) is 9.81. The quantitative estimate of drug-likeness (QED) is 0.177. The van der Waals surface area contributed by atoms with Crippen molar-refractivity contribution in [1.82, 2.24) is 0 Å². The van der Waals surface area contributed by atoms with Gasteiger partial charge >= 0.3 is 0 Å². The molecule has 0 aromatic carbocycles. The Morgan fingerprint density at radius 2 is 1.24 bits per heavy atom. The summed E-state index contributed by atoms with van der Waals surface area (Å²) in [6, 6.07) is 0. The van der Waals surface area contributed by atoms with Crippen molar-refractivity contribution in [2.75, 3.05) is 33.5 Å². The van der Waals surface area contributed by atoms with E-state index in [2.05, 4.69) is 0 Å². The highest BCUT2D eigenvalue weighted by atomic mass is 16.7. The fraction of sp³-hybridized carbons (Fsp3) is 0.882. The van der Waals surface area contributed by atoms with E-state index in [1.54, 1.807) is 0 Å². The zero-order chi connectivity index (χ0) is 21.6. The lowest BCUT2D eigenvalue weighted by molar-refractivity contribution is -0.300. The lowest BCUT2D eigenvalue weighted by atomic mass is 9.99. The van der Waals surface area contributed by atoms with Gasteiger partial charge < -0.3 is 59.4 Å². The maximum atomic E-state index is 10.1. The smallest absolute Gasteiger partial charge is 0.187 e. The molecule has 12 heteroatoms. The topological polar surface area (TPSA) is 188 Å². The highest BCUT2D eigenvalue weighted by Crippen LogP contribution is 2.24. The first-order chi connectivity index (χ1) is 13.8. The van der Waals surface area contributed by atoms with E-state index in [1.165, 1.54) is 19.3 Å². The molecule has 2 rings (SSSR count). The molecule has 12 nitrogen and oxygen atoms in total. The van der Waals surface area contributed by atoms with Crippen molar-refractivity contribution in [3.63, 3.8) is 0 Å². The van der Waals surface area contributed by atoms with Crippen LogP contribution in [0.15, 0.2) is 12.2 Å². The third-order valence-corrected chi connectivity index (χ3v) is 4.81. The number of hydrogen-bond donors (Lipinski definition) is 7. The van der Waals surface area contributed by atoms with Crippen LogP contribution in [0, 0.1) is 0 Å². The first-order valence-electron chi connectivity index (χ1n) is 9.19. The molecule has 0 saturated carbocycles. The van der Waals surface area contributed by atoms with Gasteiger partial charge in [0.05, 0.1) is 26.4 Å². The molecule has 0 radical (unpaired) electrons. The fourth-order valence-corrected chi connectivity index (χ4v) is 3.11. The Labute approximate surface area is 167 Å². The van der Waals surface area contributed by atoms with Gasteiger partial charge in [0, 0.05) is 7.11 Å². The molecule has 0 aromatic rings. The van der Waals surface area contributed by atoms with E-state index in [0.29, 0.717) is 0 Å². The van der Waals surface area contributed by atoms with Gasteiger partial charge in [-0.25, -0.2) is 0 Å². The standard InChI is InChI=1S/C17H30O12/c1-25-16-14(24)12(22)15(9(7-19)29-16)26-4-2-3-5-27-17-13(23)11(21)10(20)8(6-18)28-17/h2-3,8-24H,4-7H2,1H3/b3-2+/t8-,9-,10-,11+,12-,13-,14-,15-,16-,17-/m1/s1. The Morgan fingerprint density at radius 1 is 0.690 bits per heavy atom. The molecule has 10 atom stereocenters. The number of aliphatic hydroxyl groups excluding tert-OH is 7. The Morgan fingerprint density at radius 3 is 1.83 bits per heavy atom. The van der Waals surface area contributed by atoms with Crippen LogP contribution in [0.25, 0.3) is 0 Å². The van der Waals surface area contributed by atoms with Crippen LogP contribution in [0.4, 0.5) is 0 Å². The van der Waals surface area contributed by atoms with Crippen molar-refractivity contribution >= 4 is 0 Å². The summed E-state index contributed by atoms with van der Waals surface area (Å²) in [5, 5.41) is 67.8. The predicted octanol–water partition coefficient (Wildman–Crippen LogP) is -4.17. The van der Waals surface area contributed by atoms with Crippen LogP contribution in [-0.2, 0) is 23.7 Å². The highest BCUT2D eigenvalue weighted by molar-refractivity contribution is 4.92. The summed E-state index contributed by atoms with van der Waals surface area (Å²) in [5.41, 5.74) is 0. The SMILES string of the molecule is CO[C@@H]1O[C@H](CO)[C@@H](OC/C=C/CO[C@@H]2O[C@H](CO)[C@@H](O)[C@H](O)[C@H]2O)[C@H](O)[C@H]1O. The van der Waals surface area contributed by atoms with Gasteiger partial charge in [0.15, 0.2) is 12.6 Å². The normalized spacial score (nSPS) is 43.7. The van der Waals surface area contributed by atoms with Gasteiger partial charge in [-0.2, -0.15) is 0 Å². The molecule has 2 aliphatic heterocycles. The largest absolute Gasteiger partial charge is 0.394 e. The van der Waals surface area contributed by atoms with Crippen molar-refractivity contribution in [1.29, 1.82) is 0 Å². The molecule has 29 heavy (non-hydrogen) atoms. The van der Waals surface area contributed by atoms with Gasteiger partial charge in [-0.15, -0.1) is 0 Å². The minimum absolute atomic E-state index is 0.00992. The van der Waals surface area contributed by atoms with Crippen molar-refractivity contribution in [2.45, 2.75) is 61.4 Å². The van der Waals surface area contributed by atoms with Gasteiger partial charge in [-0.05, 0) is 0 Å². The molecular weight excluding hydrogens is 396 g/mol. The van der Waals surface area contributed by atoms with Crippen LogP contribution in [0.2, 0.25) is 0 Å². The summed E-state index contributed by atoms with van der Waals surface area (Å²) in [4.78, 5) is 0. The first-order valence-corrected chi connectivity index (χ1v) is 9.19. The van der Waals surface area contributed by atoms with E-state index >= 15 is 0 Å². The van der Waals surface area contributed by atoms with Crippen molar-refractivity contribution in [2.24, 2.45) is 0 Å². The summed E-state index contributed by atoms with van der Waals surface area (Å²) in [6.07, 6.45) is -9.37. The Bertz CT molecular complexity index is 501. The monoisotopic (exact) mass is 426 g/mol. The molecule has 0 spiro atoms. The van der Waals surface area contributed by atoms with E-state index in [0.717, 1.165) is 0 Å². The minimum Gasteiger partial charge on any atom is -0.394 e. The Hall–Kier alpha value is -0.740. The molecule has 2 fully saturated rings. The molecule has 0 amide bonds. The van der Waals surface area contributed by atoms with E-state index < -0.39 is 74.6 Å². The molecular formula is C17H30O12. The molecule has 2 aliphatic rings. The summed E-state index contributed by atoms with van der Waals surface area (Å²) in [7, 11) is 1.30. The van der Waals surface area contributed by atoms with E-state index in [1.807, 2.05) is 0 Å².